The summed E-state index contributed by atoms with van der Waals surface area (Å²) in [4.78, 5) is 0. The fraction of sp³-hybridized carbons (Fsp3) is 0.857. The topological polar surface area (TPSA) is 18.5 Å². The predicted octanol–water partition coefficient (Wildman–Crippen LogP) is 4.06. The SMILES string of the molecule is CCCCC/C(C)=C/CCC1(C)OCCO1. The molecule has 2 nitrogen and oxygen atoms in total. The number of rotatable bonds is 7. The van der Waals surface area contributed by atoms with E-state index >= 15 is 0 Å². The number of unbranched alkanes of at least 4 members (excludes halogenated alkanes) is 2. The number of hydrogen-bond donors (Lipinski definition) is 0. The Labute approximate surface area is 100 Å². The second-order valence-electron chi connectivity index (χ2n) is 4.88. The quantitative estimate of drug-likeness (QED) is 0.481. The van der Waals surface area contributed by atoms with Gasteiger partial charge in [-0.25, -0.2) is 0 Å². The molecule has 0 atom stereocenters. The lowest BCUT2D eigenvalue weighted by atomic mass is 10.1. The Balaban J connectivity index is 2.14. The fourth-order valence-electron chi connectivity index (χ4n) is 2.04. The van der Waals surface area contributed by atoms with Crippen molar-refractivity contribution in [1.82, 2.24) is 0 Å². The van der Waals surface area contributed by atoms with Gasteiger partial charge >= 0.3 is 0 Å². The van der Waals surface area contributed by atoms with E-state index in [9.17, 15) is 0 Å². The summed E-state index contributed by atoms with van der Waals surface area (Å²) in [6.07, 6.45) is 9.58. The molecule has 0 amide bonds. The summed E-state index contributed by atoms with van der Waals surface area (Å²) in [6, 6.07) is 0. The highest BCUT2D eigenvalue weighted by atomic mass is 16.7. The van der Waals surface area contributed by atoms with Crippen LogP contribution >= 0.6 is 0 Å². The van der Waals surface area contributed by atoms with Crippen LogP contribution < -0.4 is 0 Å². The van der Waals surface area contributed by atoms with Gasteiger partial charge in [-0.05, 0) is 33.1 Å². The van der Waals surface area contributed by atoms with Gasteiger partial charge < -0.3 is 9.47 Å². The van der Waals surface area contributed by atoms with Crippen molar-refractivity contribution in [1.29, 1.82) is 0 Å². The van der Waals surface area contributed by atoms with Gasteiger partial charge in [0.05, 0.1) is 13.2 Å². The molecule has 16 heavy (non-hydrogen) atoms. The second-order valence-corrected chi connectivity index (χ2v) is 4.88. The van der Waals surface area contributed by atoms with Crippen LogP contribution in [0.15, 0.2) is 11.6 Å². The van der Waals surface area contributed by atoms with Crippen molar-refractivity contribution < 1.29 is 9.47 Å². The molecule has 1 rings (SSSR count). The van der Waals surface area contributed by atoms with Gasteiger partial charge in [-0.15, -0.1) is 0 Å². The molecule has 0 bridgehead atoms. The zero-order chi connectivity index (χ0) is 11.9. The minimum atomic E-state index is -0.319. The normalized spacial score (nSPS) is 20.3. The Kier molecular flexibility index (Phi) is 6.07. The molecule has 1 aliphatic rings. The van der Waals surface area contributed by atoms with Gasteiger partial charge in [-0.1, -0.05) is 31.4 Å². The van der Waals surface area contributed by atoms with Crippen LogP contribution in [-0.4, -0.2) is 19.0 Å². The van der Waals surface area contributed by atoms with Gasteiger partial charge in [0.2, 0.25) is 0 Å². The third-order valence-electron chi connectivity index (χ3n) is 3.16. The van der Waals surface area contributed by atoms with E-state index in [1.807, 2.05) is 6.92 Å². The van der Waals surface area contributed by atoms with Crippen LogP contribution in [-0.2, 0) is 9.47 Å². The summed E-state index contributed by atoms with van der Waals surface area (Å²) in [6.45, 7) is 8.01. The van der Waals surface area contributed by atoms with Gasteiger partial charge in [-0.3, -0.25) is 0 Å². The Hall–Kier alpha value is -0.340. The second kappa shape index (κ2) is 7.08. The molecule has 1 fully saturated rings. The van der Waals surface area contributed by atoms with E-state index in [4.69, 9.17) is 9.47 Å². The largest absolute Gasteiger partial charge is 0.348 e. The van der Waals surface area contributed by atoms with E-state index in [0.29, 0.717) is 0 Å². The summed E-state index contributed by atoms with van der Waals surface area (Å²) in [5.41, 5.74) is 1.51. The predicted molar refractivity (Wildman–Crippen MR) is 67.4 cm³/mol. The third kappa shape index (κ3) is 5.13. The maximum absolute atomic E-state index is 5.57. The summed E-state index contributed by atoms with van der Waals surface area (Å²) >= 11 is 0. The van der Waals surface area contributed by atoms with Crippen LogP contribution in [0.3, 0.4) is 0 Å². The summed E-state index contributed by atoms with van der Waals surface area (Å²) < 4.78 is 11.1. The minimum absolute atomic E-state index is 0.319. The first kappa shape index (κ1) is 13.7. The molecule has 0 aliphatic carbocycles. The van der Waals surface area contributed by atoms with Crippen molar-refractivity contribution >= 4 is 0 Å². The number of ether oxygens (including phenoxy) is 2. The Morgan fingerprint density at radius 3 is 2.56 bits per heavy atom. The van der Waals surface area contributed by atoms with E-state index in [-0.39, 0.29) is 5.79 Å². The maximum atomic E-state index is 5.57. The van der Waals surface area contributed by atoms with Crippen LogP contribution in [0.25, 0.3) is 0 Å². The molecular formula is C14H26O2. The molecule has 0 aromatic carbocycles. The van der Waals surface area contributed by atoms with Crippen LogP contribution in [0.2, 0.25) is 0 Å². The van der Waals surface area contributed by atoms with E-state index in [0.717, 1.165) is 26.1 Å². The lowest BCUT2D eigenvalue weighted by Gasteiger charge is -2.21. The van der Waals surface area contributed by atoms with Gasteiger partial charge in [0, 0.05) is 6.42 Å². The van der Waals surface area contributed by atoms with Gasteiger partial charge in [0.25, 0.3) is 0 Å². The first-order valence-electron chi connectivity index (χ1n) is 6.60. The first-order valence-corrected chi connectivity index (χ1v) is 6.60. The monoisotopic (exact) mass is 226 g/mol. The molecule has 0 N–H and O–H groups in total. The average Bonchev–Trinajstić information content (AvgIpc) is 2.66. The van der Waals surface area contributed by atoms with Gasteiger partial charge in [0.15, 0.2) is 5.79 Å². The molecule has 0 aromatic heterocycles. The number of allylic oxidation sites excluding steroid dienone is 2. The Bertz CT molecular complexity index is 215. The summed E-state index contributed by atoms with van der Waals surface area (Å²) in [7, 11) is 0. The molecule has 94 valence electrons. The highest BCUT2D eigenvalue weighted by molar-refractivity contribution is 4.98. The zero-order valence-electron chi connectivity index (χ0n) is 11.1. The summed E-state index contributed by atoms with van der Waals surface area (Å²) in [5, 5.41) is 0. The van der Waals surface area contributed by atoms with Crippen LogP contribution in [0.1, 0.15) is 59.3 Å². The molecule has 0 radical (unpaired) electrons. The van der Waals surface area contributed by atoms with Crippen molar-refractivity contribution in [3.05, 3.63) is 11.6 Å². The fourth-order valence-corrected chi connectivity index (χ4v) is 2.04. The van der Waals surface area contributed by atoms with E-state index in [1.54, 1.807) is 0 Å². The van der Waals surface area contributed by atoms with Crippen LogP contribution in [0.4, 0.5) is 0 Å². The average molecular weight is 226 g/mol. The summed E-state index contributed by atoms with van der Waals surface area (Å²) in [5.74, 6) is -0.319. The molecule has 1 aliphatic heterocycles. The van der Waals surface area contributed by atoms with Crippen LogP contribution in [0.5, 0.6) is 0 Å². The van der Waals surface area contributed by atoms with Crippen molar-refractivity contribution in [2.24, 2.45) is 0 Å². The number of hydrogen-bond acceptors (Lipinski definition) is 2. The van der Waals surface area contributed by atoms with E-state index in [1.165, 1.54) is 31.3 Å². The maximum Gasteiger partial charge on any atom is 0.166 e. The molecule has 0 aromatic rings. The van der Waals surface area contributed by atoms with Crippen molar-refractivity contribution in [2.75, 3.05) is 13.2 Å². The zero-order valence-corrected chi connectivity index (χ0v) is 11.1. The molecule has 0 spiro atoms. The minimum Gasteiger partial charge on any atom is -0.348 e. The lowest BCUT2D eigenvalue weighted by Crippen LogP contribution is -2.24. The van der Waals surface area contributed by atoms with Gasteiger partial charge in [0.1, 0.15) is 0 Å². The van der Waals surface area contributed by atoms with E-state index < -0.39 is 0 Å². The first-order chi connectivity index (χ1) is 7.66. The Morgan fingerprint density at radius 1 is 1.25 bits per heavy atom. The van der Waals surface area contributed by atoms with Crippen molar-refractivity contribution in [3.8, 4) is 0 Å². The van der Waals surface area contributed by atoms with Gasteiger partial charge in [-0.2, -0.15) is 0 Å². The molecular weight excluding hydrogens is 200 g/mol. The molecule has 1 heterocycles. The molecule has 0 saturated carbocycles. The third-order valence-corrected chi connectivity index (χ3v) is 3.16. The smallest absolute Gasteiger partial charge is 0.166 e. The standard InChI is InChI=1S/C14H26O2/c1-4-5-6-8-13(2)9-7-10-14(3)15-11-12-16-14/h9H,4-8,10-12H2,1-3H3/b13-9+. The van der Waals surface area contributed by atoms with E-state index in [2.05, 4.69) is 19.9 Å². The lowest BCUT2D eigenvalue weighted by molar-refractivity contribution is -0.145. The molecule has 0 unspecified atom stereocenters. The van der Waals surface area contributed by atoms with Crippen molar-refractivity contribution in [3.63, 3.8) is 0 Å². The highest BCUT2D eigenvalue weighted by Crippen LogP contribution is 2.24. The van der Waals surface area contributed by atoms with Crippen LogP contribution in [0, 0.1) is 0 Å². The van der Waals surface area contributed by atoms with Crippen molar-refractivity contribution in [2.45, 2.75) is 65.1 Å². The molecule has 1 saturated heterocycles. The Morgan fingerprint density at radius 2 is 1.94 bits per heavy atom. The highest BCUT2D eigenvalue weighted by Gasteiger charge is 2.29. The molecule has 2 heteroatoms.